The Morgan fingerprint density at radius 2 is 1.87 bits per heavy atom. The molecule has 0 aliphatic heterocycles. The number of Topliss-reactive ketones (excluding diaryl/α,β-unsaturated/α-hetero) is 1. The highest BCUT2D eigenvalue weighted by atomic mass is 35.5. The molecule has 0 aliphatic rings. The summed E-state index contributed by atoms with van der Waals surface area (Å²) in [6.07, 6.45) is 0. The number of carbonyl (C=O) groups is 1. The summed E-state index contributed by atoms with van der Waals surface area (Å²) in [5.41, 5.74) is 2.55. The van der Waals surface area contributed by atoms with E-state index < -0.39 is 0 Å². The van der Waals surface area contributed by atoms with Crippen molar-refractivity contribution >= 4 is 29.0 Å². The second-order valence-corrected chi connectivity index (χ2v) is 6.01. The molecule has 0 unspecified atom stereocenters. The highest BCUT2D eigenvalue weighted by Gasteiger charge is 2.17. The number of benzene rings is 1. The molecule has 2 rings (SSSR count). The van der Waals surface area contributed by atoms with Crippen LogP contribution in [-0.4, -0.2) is 30.7 Å². The number of nitrogens with zero attached hydrogens (tertiary/aromatic N) is 1. The summed E-state index contributed by atoms with van der Waals surface area (Å²) < 4.78 is 12.7. The van der Waals surface area contributed by atoms with E-state index in [-0.39, 0.29) is 12.4 Å². The molecule has 23 heavy (non-hydrogen) atoms. The van der Waals surface area contributed by atoms with E-state index in [9.17, 15) is 4.79 Å². The van der Waals surface area contributed by atoms with Crippen LogP contribution in [-0.2, 0) is 11.3 Å². The minimum Gasteiger partial charge on any atom is -0.482 e. The second kappa shape index (κ2) is 7.86. The van der Waals surface area contributed by atoms with Gasteiger partial charge in [-0.25, -0.2) is 0 Å². The molecule has 0 spiro atoms. The Hall–Kier alpha value is -1.49. The number of methoxy groups -OCH3 is 1. The Morgan fingerprint density at radius 3 is 2.48 bits per heavy atom. The molecule has 0 aliphatic carbocycles. The SMILES string of the molecule is COCCn1c(C)cc(C(=O)COc2c(Cl)cccc2Cl)c1C. The third-order valence-corrected chi connectivity index (χ3v) is 4.25. The number of hydrogen-bond acceptors (Lipinski definition) is 3. The molecule has 0 saturated carbocycles. The molecule has 124 valence electrons. The molecular weight excluding hydrogens is 337 g/mol. The fourth-order valence-electron chi connectivity index (χ4n) is 2.45. The largest absolute Gasteiger partial charge is 0.482 e. The van der Waals surface area contributed by atoms with Crippen LogP contribution in [0.2, 0.25) is 10.0 Å². The summed E-state index contributed by atoms with van der Waals surface area (Å²) in [5.74, 6) is 0.218. The van der Waals surface area contributed by atoms with Crippen LogP contribution in [0.4, 0.5) is 0 Å². The molecule has 0 N–H and O–H groups in total. The molecule has 0 saturated heterocycles. The minimum atomic E-state index is -0.113. The number of hydrogen-bond donors (Lipinski definition) is 0. The van der Waals surface area contributed by atoms with E-state index in [0.717, 1.165) is 11.4 Å². The first kappa shape index (κ1) is 17.9. The van der Waals surface area contributed by atoms with Gasteiger partial charge in [0.05, 0.1) is 16.7 Å². The number of ether oxygens (including phenoxy) is 2. The van der Waals surface area contributed by atoms with Crippen molar-refractivity contribution in [1.29, 1.82) is 0 Å². The van der Waals surface area contributed by atoms with E-state index in [1.54, 1.807) is 25.3 Å². The first-order chi connectivity index (χ1) is 11.0. The maximum absolute atomic E-state index is 12.4. The molecule has 4 nitrogen and oxygen atoms in total. The molecule has 1 aromatic heterocycles. The molecule has 6 heteroatoms. The van der Waals surface area contributed by atoms with Crippen molar-refractivity contribution in [3.8, 4) is 5.75 Å². The molecule has 0 radical (unpaired) electrons. The van der Waals surface area contributed by atoms with Gasteiger partial charge in [0.2, 0.25) is 5.78 Å². The number of carbonyl (C=O) groups excluding carboxylic acids is 1. The summed E-state index contributed by atoms with van der Waals surface area (Å²) in [4.78, 5) is 12.4. The standard InChI is InChI=1S/C17H19Cl2NO3/c1-11-9-13(12(2)20(11)7-8-22-3)16(21)10-23-17-14(18)5-4-6-15(17)19/h4-6,9H,7-8,10H2,1-3H3. The zero-order valence-electron chi connectivity index (χ0n) is 13.4. The predicted molar refractivity (Wildman–Crippen MR) is 92.1 cm³/mol. The molecule has 0 atom stereocenters. The summed E-state index contributed by atoms with van der Waals surface area (Å²) in [6, 6.07) is 6.93. The fourth-order valence-corrected chi connectivity index (χ4v) is 2.95. The molecule has 1 aromatic carbocycles. The molecule has 0 bridgehead atoms. The lowest BCUT2D eigenvalue weighted by Crippen LogP contribution is -2.14. The van der Waals surface area contributed by atoms with Crippen molar-refractivity contribution in [3.05, 3.63) is 51.3 Å². The Morgan fingerprint density at radius 1 is 1.22 bits per heavy atom. The fraction of sp³-hybridized carbons (Fsp3) is 0.353. The predicted octanol–water partition coefficient (Wildman–Crippen LogP) is 4.32. The zero-order valence-corrected chi connectivity index (χ0v) is 14.9. The van der Waals surface area contributed by atoms with Gasteiger partial charge >= 0.3 is 0 Å². The highest BCUT2D eigenvalue weighted by molar-refractivity contribution is 6.37. The first-order valence-electron chi connectivity index (χ1n) is 7.21. The minimum absolute atomic E-state index is 0.113. The number of halogens is 2. The van der Waals surface area contributed by atoms with Crippen molar-refractivity contribution in [3.63, 3.8) is 0 Å². The number of ketones is 1. The summed E-state index contributed by atoms with van der Waals surface area (Å²) in [6.45, 7) is 5.07. The molecule has 2 aromatic rings. The lowest BCUT2D eigenvalue weighted by Gasteiger charge is -2.10. The number of aryl methyl sites for hydroxylation is 1. The zero-order chi connectivity index (χ0) is 17.0. The molecule has 0 amide bonds. The van der Waals surface area contributed by atoms with Crippen molar-refractivity contribution in [2.75, 3.05) is 20.3 Å². The van der Waals surface area contributed by atoms with Crippen molar-refractivity contribution < 1.29 is 14.3 Å². The highest BCUT2D eigenvalue weighted by Crippen LogP contribution is 2.32. The van der Waals surface area contributed by atoms with Gasteiger partial charge in [-0.05, 0) is 32.0 Å². The summed E-state index contributed by atoms with van der Waals surface area (Å²) in [5, 5.41) is 0.770. The first-order valence-corrected chi connectivity index (χ1v) is 7.97. The van der Waals surface area contributed by atoms with Gasteiger partial charge in [0.1, 0.15) is 0 Å². The van der Waals surface area contributed by atoms with Crippen LogP contribution in [0.25, 0.3) is 0 Å². The van der Waals surface area contributed by atoms with E-state index in [1.165, 1.54) is 0 Å². The lowest BCUT2D eigenvalue weighted by molar-refractivity contribution is 0.0921. The normalized spacial score (nSPS) is 10.8. The average Bonchev–Trinajstić information content (AvgIpc) is 2.79. The van der Waals surface area contributed by atoms with Gasteiger partial charge in [-0.15, -0.1) is 0 Å². The van der Waals surface area contributed by atoms with Crippen LogP contribution >= 0.6 is 23.2 Å². The van der Waals surface area contributed by atoms with Gasteiger partial charge in [0.15, 0.2) is 12.4 Å². The third-order valence-electron chi connectivity index (χ3n) is 3.66. The van der Waals surface area contributed by atoms with Gasteiger partial charge in [0.25, 0.3) is 0 Å². The maximum atomic E-state index is 12.4. The van der Waals surface area contributed by atoms with Crippen LogP contribution in [0.1, 0.15) is 21.7 Å². The maximum Gasteiger partial charge on any atom is 0.202 e. The quantitative estimate of drug-likeness (QED) is 0.694. The van der Waals surface area contributed by atoms with E-state index in [0.29, 0.717) is 34.5 Å². The smallest absolute Gasteiger partial charge is 0.202 e. The van der Waals surface area contributed by atoms with Crippen LogP contribution in [0, 0.1) is 13.8 Å². The van der Waals surface area contributed by atoms with Crippen LogP contribution in [0.3, 0.4) is 0 Å². The van der Waals surface area contributed by atoms with E-state index in [1.807, 2.05) is 19.9 Å². The topological polar surface area (TPSA) is 40.5 Å². The Labute approximate surface area is 145 Å². The van der Waals surface area contributed by atoms with Gasteiger partial charge in [-0.3, -0.25) is 4.79 Å². The Balaban J connectivity index is 2.12. The van der Waals surface area contributed by atoms with Gasteiger partial charge in [-0.1, -0.05) is 29.3 Å². The van der Waals surface area contributed by atoms with E-state index in [2.05, 4.69) is 4.57 Å². The second-order valence-electron chi connectivity index (χ2n) is 5.19. The van der Waals surface area contributed by atoms with Crippen LogP contribution < -0.4 is 4.74 Å². The number of rotatable bonds is 7. The molecular formula is C17H19Cl2NO3. The Kier molecular flexibility index (Phi) is 6.10. The molecule has 1 heterocycles. The lowest BCUT2D eigenvalue weighted by atomic mass is 10.1. The number of para-hydroxylation sites is 1. The third kappa shape index (κ3) is 4.08. The number of aromatic nitrogens is 1. The van der Waals surface area contributed by atoms with Crippen molar-refractivity contribution in [2.45, 2.75) is 20.4 Å². The van der Waals surface area contributed by atoms with E-state index >= 15 is 0 Å². The van der Waals surface area contributed by atoms with Gasteiger partial charge in [-0.2, -0.15) is 0 Å². The Bertz CT molecular complexity index is 690. The van der Waals surface area contributed by atoms with Crippen molar-refractivity contribution in [1.82, 2.24) is 4.57 Å². The van der Waals surface area contributed by atoms with Crippen molar-refractivity contribution in [2.24, 2.45) is 0 Å². The van der Waals surface area contributed by atoms with Gasteiger partial charge in [0, 0.05) is 30.6 Å². The van der Waals surface area contributed by atoms with E-state index in [4.69, 9.17) is 32.7 Å². The molecule has 0 fully saturated rings. The van der Waals surface area contributed by atoms with Gasteiger partial charge < -0.3 is 14.0 Å². The summed E-state index contributed by atoms with van der Waals surface area (Å²) in [7, 11) is 1.65. The summed E-state index contributed by atoms with van der Waals surface area (Å²) >= 11 is 12.1. The average molecular weight is 356 g/mol. The monoisotopic (exact) mass is 355 g/mol. The van der Waals surface area contributed by atoms with Crippen LogP contribution in [0.15, 0.2) is 24.3 Å². The van der Waals surface area contributed by atoms with Crippen LogP contribution in [0.5, 0.6) is 5.75 Å².